The van der Waals surface area contributed by atoms with Crippen LogP contribution in [0.4, 0.5) is 0 Å². The lowest BCUT2D eigenvalue weighted by molar-refractivity contribution is 0.348. The highest BCUT2D eigenvalue weighted by atomic mass is 31.2. The van der Waals surface area contributed by atoms with Gasteiger partial charge in [0.05, 0.1) is 6.16 Å². The van der Waals surface area contributed by atoms with Crippen LogP contribution in [0.5, 0.6) is 0 Å². The second kappa shape index (κ2) is 8.37. The van der Waals surface area contributed by atoms with E-state index in [1.54, 1.807) is 0 Å². The summed E-state index contributed by atoms with van der Waals surface area (Å²) in [5.74, 6) is 0. The molecule has 15 heavy (non-hydrogen) atoms. The highest BCUT2D eigenvalue weighted by molar-refractivity contribution is 7.59. The van der Waals surface area contributed by atoms with E-state index in [1.165, 1.54) is 6.42 Å². The van der Waals surface area contributed by atoms with E-state index in [2.05, 4.69) is 11.2 Å². The Labute approximate surface area is 91.3 Å². The van der Waals surface area contributed by atoms with E-state index in [1.807, 2.05) is 0 Å². The molecule has 0 aliphatic rings. The van der Waals surface area contributed by atoms with Crippen LogP contribution in [-0.2, 0) is 13.4 Å². The molecule has 0 aliphatic carbocycles. The van der Waals surface area contributed by atoms with Crippen molar-refractivity contribution in [1.82, 2.24) is 0 Å². The number of hydrogen-bond acceptors (Lipinski definition) is 3. The first-order valence-corrected chi connectivity index (χ1v) is 8.05. The van der Waals surface area contributed by atoms with E-state index < -0.39 is 15.9 Å². The maximum absolute atomic E-state index is 11.1. The molecule has 0 saturated carbocycles. The summed E-state index contributed by atoms with van der Waals surface area (Å²) in [6, 6.07) is 0. The molecule has 0 aromatic carbocycles. The summed E-state index contributed by atoms with van der Waals surface area (Å²) in [7, 11) is -6.82. The van der Waals surface area contributed by atoms with Crippen molar-refractivity contribution >= 4 is 15.9 Å². The standard InChI is InChI=1S/C8H18O5P2/c1-2-3-4-5-6-7-8-15(11,12)13-14(9)10/h2-8H2,1H3,(H-,9,10,11,12)/p+1. The minimum Gasteiger partial charge on any atom is -0.322 e. The Morgan fingerprint density at radius 3 is 2.27 bits per heavy atom. The summed E-state index contributed by atoms with van der Waals surface area (Å²) >= 11 is 0. The molecule has 7 heteroatoms. The van der Waals surface area contributed by atoms with Gasteiger partial charge in [-0.2, -0.15) is 0 Å². The maximum Gasteiger partial charge on any atom is 0.703 e. The van der Waals surface area contributed by atoms with E-state index >= 15 is 0 Å². The summed E-state index contributed by atoms with van der Waals surface area (Å²) in [4.78, 5) is 17.4. The van der Waals surface area contributed by atoms with Crippen LogP contribution in [0.15, 0.2) is 0 Å². The molecule has 0 amide bonds. The van der Waals surface area contributed by atoms with Gasteiger partial charge in [-0.3, -0.25) is 4.57 Å². The topological polar surface area (TPSA) is 83.8 Å². The first-order chi connectivity index (χ1) is 6.98. The molecular weight excluding hydrogens is 238 g/mol. The van der Waals surface area contributed by atoms with Crippen molar-refractivity contribution in [2.45, 2.75) is 45.4 Å². The van der Waals surface area contributed by atoms with Crippen LogP contribution in [0.1, 0.15) is 45.4 Å². The zero-order valence-corrected chi connectivity index (χ0v) is 10.8. The summed E-state index contributed by atoms with van der Waals surface area (Å²) in [5, 5.41) is 0. The van der Waals surface area contributed by atoms with Crippen LogP contribution < -0.4 is 0 Å². The van der Waals surface area contributed by atoms with Gasteiger partial charge in [0, 0.05) is 4.57 Å². The predicted molar refractivity (Wildman–Crippen MR) is 59.0 cm³/mol. The van der Waals surface area contributed by atoms with Crippen LogP contribution in [0, 0.1) is 0 Å². The number of rotatable bonds is 9. The minimum absolute atomic E-state index is 0.0409. The summed E-state index contributed by atoms with van der Waals surface area (Å²) in [6.07, 6.45) is 5.86. The molecule has 0 aromatic rings. The molecule has 0 rings (SSSR count). The lowest BCUT2D eigenvalue weighted by Crippen LogP contribution is -1.90. The fourth-order valence-corrected chi connectivity index (χ4v) is 3.06. The zero-order valence-electron chi connectivity index (χ0n) is 8.96. The third kappa shape index (κ3) is 10.5. The quantitative estimate of drug-likeness (QED) is 0.489. The van der Waals surface area contributed by atoms with Gasteiger partial charge in [-0.25, -0.2) is 0 Å². The van der Waals surface area contributed by atoms with Gasteiger partial charge in [-0.15, -0.1) is 4.89 Å². The monoisotopic (exact) mass is 257 g/mol. The highest BCUT2D eigenvalue weighted by Crippen LogP contribution is 2.50. The molecule has 0 fully saturated rings. The summed E-state index contributed by atoms with van der Waals surface area (Å²) in [6.45, 7) is 2.12. The molecule has 2 N–H and O–H groups in total. The molecular formula is C8H19O5P2+. The Hall–Kier alpha value is 0.210. The first-order valence-electron chi connectivity index (χ1n) is 5.15. The molecule has 0 spiro atoms. The smallest absolute Gasteiger partial charge is 0.322 e. The van der Waals surface area contributed by atoms with Crippen molar-refractivity contribution < 1.29 is 23.2 Å². The lowest BCUT2D eigenvalue weighted by atomic mass is 10.1. The fourth-order valence-electron chi connectivity index (χ4n) is 1.24. The van der Waals surface area contributed by atoms with Crippen molar-refractivity contribution in [3.8, 4) is 0 Å². The van der Waals surface area contributed by atoms with E-state index in [4.69, 9.17) is 9.79 Å². The average molecular weight is 257 g/mol. The van der Waals surface area contributed by atoms with Crippen LogP contribution in [0.25, 0.3) is 0 Å². The van der Waals surface area contributed by atoms with Gasteiger partial charge >= 0.3 is 15.9 Å². The maximum atomic E-state index is 11.1. The van der Waals surface area contributed by atoms with Crippen LogP contribution in [0.2, 0.25) is 0 Å². The second-order valence-corrected chi connectivity index (χ2v) is 6.30. The van der Waals surface area contributed by atoms with Gasteiger partial charge in [0.15, 0.2) is 0 Å². The molecule has 2 atom stereocenters. The van der Waals surface area contributed by atoms with Gasteiger partial charge in [-0.1, -0.05) is 39.0 Å². The molecule has 90 valence electrons. The van der Waals surface area contributed by atoms with E-state index in [0.29, 0.717) is 6.42 Å². The Morgan fingerprint density at radius 1 is 1.20 bits per heavy atom. The van der Waals surface area contributed by atoms with Crippen molar-refractivity contribution in [3.05, 3.63) is 0 Å². The van der Waals surface area contributed by atoms with Gasteiger partial charge < -0.3 is 4.89 Å². The van der Waals surface area contributed by atoms with Crippen LogP contribution >= 0.6 is 15.9 Å². The van der Waals surface area contributed by atoms with E-state index in [9.17, 15) is 9.13 Å². The summed E-state index contributed by atoms with van der Waals surface area (Å²) < 4.78 is 25.3. The van der Waals surface area contributed by atoms with Gasteiger partial charge in [0.25, 0.3) is 0 Å². The minimum atomic E-state index is -3.84. The third-order valence-corrected chi connectivity index (χ3v) is 4.45. The molecule has 0 bridgehead atoms. The van der Waals surface area contributed by atoms with E-state index in [-0.39, 0.29) is 6.16 Å². The fraction of sp³-hybridized carbons (Fsp3) is 1.00. The van der Waals surface area contributed by atoms with Gasteiger partial charge in [-0.05, 0) is 10.7 Å². The van der Waals surface area contributed by atoms with Gasteiger partial charge in [0.1, 0.15) is 0 Å². The first kappa shape index (κ1) is 15.2. The predicted octanol–water partition coefficient (Wildman–Crippen LogP) is 3.20. The SMILES string of the molecule is CCCCCCCCP(=O)(O)O[P+](=O)O. The molecule has 0 saturated heterocycles. The molecule has 2 unspecified atom stereocenters. The van der Waals surface area contributed by atoms with Crippen molar-refractivity contribution in [2.24, 2.45) is 0 Å². The van der Waals surface area contributed by atoms with Crippen LogP contribution in [0.3, 0.4) is 0 Å². The molecule has 0 aromatic heterocycles. The Morgan fingerprint density at radius 2 is 1.73 bits per heavy atom. The normalized spacial score (nSPS) is 16.1. The average Bonchev–Trinajstić information content (AvgIpc) is 2.08. The van der Waals surface area contributed by atoms with Crippen molar-refractivity contribution in [3.63, 3.8) is 0 Å². The molecule has 5 nitrogen and oxygen atoms in total. The largest absolute Gasteiger partial charge is 0.703 e. The van der Waals surface area contributed by atoms with Crippen LogP contribution in [-0.4, -0.2) is 15.9 Å². The zero-order chi connectivity index (χ0) is 11.7. The highest BCUT2D eigenvalue weighted by Gasteiger charge is 2.31. The van der Waals surface area contributed by atoms with Crippen molar-refractivity contribution in [1.29, 1.82) is 0 Å². The Kier molecular flexibility index (Phi) is 8.49. The number of unbranched alkanes of at least 4 members (excludes halogenated alkanes) is 5. The lowest BCUT2D eigenvalue weighted by Gasteiger charge is -2.03. The van der Waals surface area contributed by atoms with Gasteiger partial charge in [0.2, 0.25) is 0 Å². The molecule has 0 aliphatic heterocycles. The van der Waals surface area contributed by atoms with Crippen molar-refractivity contribution in [2.75, 3.05) is 6.16 Å². The summed E-state index contributed by atoms with van der Waals surface area (Å²) in [5.41, 5.74) is 0. The number of hydrogen-bond donors (Lipinski definition) is 2. The van der Waals surface area contributed by atoms with E-state index in [0.717, 1.165) is 25.7 Å². The molecule has 0 radical (unpaired) electrons. The second-order valence-electron chi connectivity index (χ2n) is 3.45. The Bertz CT molecular complexity index is 231. The Balaban J connectivity index is 3.49. The third-order valence-electron chi connectivity index (χ3n) is 1.99. The molecule has 0 heterocycles.